The van der Waals surface area contributed by atoms with Crippen LogP contribution in [0.25, 0.3) is 0 Å². The third-order valence-corrected chi connectivity index (χ3v) is 3.37. The average molecular weight is 370 g/mol. The first-order chi connectivity index (χ1) is 9.92. The smallest absolute Gasteiger partial charge is 0.405 e. The van der Waals surface area contributed by atoms with Gasteiger partial charge in [-0.2, -0.15) is 0 Å². The van der Waals surface area contributed by atoms with Gasteiger partial charge in [-0.15, -0.1) is 13.2 Å². The zero-order chi connectivity index (χ0) is 15.7. The summed E-state index contributed by atoms with van der Waals surface area (Å²) in [7, 11) is 1.68. The van der Waals surface area contributed by atoms with Gasteiger partial charge in [0.25, 0.3) is 0 Å². The Bertz CT molecular complexity index is 427. The second-order valence-electron chi connectivity index (χ2n) is 4.54. The molecule has 7 heteroatoms. The number of benzene rings is 1. The van der Waals surface area contributed by atoms with Gasteiger partial charge in [0.2, 0.25) is 0 Å². The highest BCUT2D eigenvalue weighted by Crippen LogP contribution is 2.30. The molecule has 0 amide bonds. The molecule has 0 radical (unpaired) electrons. The number of nitrogens with one attached hydrogen (secondary N) is 1. The van der Waals surface area contributed by atoms with Crippen LogP contribution in [-0.4, -0.2) is 26.6 Å². The van der Waals surface area contributed by atoms with Gasteiger partial charge in [-0.1, -0.05) is 6.07 Å². The highest BCUT2D eigenvalue weighted by molar-refractivity contribution is 9.10. The van der Waals surface area contributed by atoms with Crippen LogP contribution in [0.5, 0.6) is 5.75 Å². The highest BCUT2D eigenvalue weighted by atomic mass is 79.9. The Morgan fingerprint density at radius 1 is 1.19 bits per heavy atom. The van der Waals surface area contributed by atoms with Crippen molar-refractivity contribution in [2.24, 2.45) is 0 Å². The minimum Gasteiger partial charge on any atom is -0.405 e. The molecular weight excluding hydrogens is 351 g/mol. The lowest BCUT2D eigenvalue weighted by Gasteiger charge is -2.12. The Labute approximate surface area is 130 Å². The van der Waals surface area contributed by atoms with Crippen molar-refractivity contribution in [3.63, 3.8) is 0 Å². The fraction of sp³-hybridized carbons (Fsp3) is 0.571. The van der Waals surface area contributed by atoms with Crippen molar-refractivity contribution in [3.05, 3.63) is 28.2 Å². The highest BCUT2D eigenvalue weighted by Gasteiger charge is 2.31. The molecule has 0 unspecified atom stereocenters. The van der Waals surface area contributed by atoms with Crippen LogP contribution < -0.4 is 10.1 Å². The average Bonchev–Trinajstić information content (AvgIpc) is 2.39. The SMILES string of the molecule is COCCCCCNCc1ccc(OC(F)(F)F)c(Br)c1. The van der Waals surface area contributed by atoms with E-state index in [4.69, 9.17) is 4.74 Å². The molecule has 0 bridgehead atoms. The van der Waals surface area contributed by atoms with E-state index in [1.807, 2.05) is 0 Å². The summed E-state index contributed by atoms with van der Waals surface area (Å²) in [5, 5.41) is 3.25. The van der Waals surface area contributed by atoms with E-state index < -0.39 is 6.36 Å². The summed E-state index contributed by atoms with van der Waals surface area (Å²) in [6.45, 7) is 2.24. The number of halogens is 4. The van der Waals surface area contributed by atoms with Crippen LogP contribution >= 0.6 is 15.9 Å². The predicted molar refractivity (Wildman–Crippen MR) is 78.3 cm³/mol. The minimum absolute atomic E-state index is 0.231. The molecule has 0 aliphatic carbocycles. The first-order valence-corrected chi connectivity index (χ1v) is 7.45. The molecule has 1 rings (SSSR count). The third-order valence-electron chi connectivity index (χ3n) is 2.75. The molecule has 0 spiro atoms. The second kappa shape index (κ2) is 9.27. The van der Waals surface area contributed by atoms with Crippen LogP contribution in [0.4, 0.5) is 13.2 Å². The Kier molecular flexibility index (Phi) is 8.06. The summed E-state index contributed by atoms with van der Waals surface area (Å²) in [5.74, 6) is -0.231. The Morgan fingerprint density at radius 2 is 1.95 bits per heavy atom. The molecule has 21 heavy (non-hydrogen) atoms. The zero-order valence-corrected chi connectivity index (χ0v) is 13.4. The van der Waals surface area contributed by atoms with Crippen LogP contribution in [0.3, 0.4) is 0 Å². The van der Waals surface area contributed by atoms with E-state index in [0.29, 0.717) is 11.0 Å². The van der Waals surface area contributed by atoms with Gasteiger partial charge in [-0.05, 0) is 59.4 Å². The Hall–Kier alpha value is -0.790. The lowest BCUT2D eigenvalue weighted by Crippen LogP contribution is -2.18. The van der Waals surface area contributed by atoms with Crippen molar-refractivity contribution in [3.8, 4) is 5.75 Å². The van der Waals surface area contributed by atoms with Gasteiger partial charge in [0, 0.05) is 20.3 Å². The molecule has 0 fully saturated rings. The monoisotopic (exact) mass is 369 g/mol. The number of rotatable bonds is 9. The van der Waals surface area contributed by atoms with Gasteiger partial charge in [0.15, 0.2) is 0 Å². The fourth-order valence-electron chi connectivity index (χ4n) is 1.77. The van der Waals surface area contributed by atoms with Crippen LogP contribution in [-0.2, 0) is 11.3 Å². The van der Waals surface area contributed by atoms with Crippen molar-refractivity contribution >= 4 is 15.9 Å². The first kappa shape index (κ1) is 18.3. The molecule has 0 aromatic heterocycles. The summed E-state index contributed by atoms with van der Waals surface area (Å²) in [4.78, 5) is 0. The molecule has 1 aromatic carbocycles. The van der Waals surface area contributed by atoms with E-state index in [2.05, 4.69) is 26.0 Å². The standard InChI is InChI=1S/C14H19BrF3NO2/c1-20-8-4-2-3-7-19-10-11-5-6-13(12(15)9-11)21-14(16,17)18/h5-6,9,19H,2-4,7-8,10H2,1H3. The van der Waals surface area contributed by atoms with Crippen LogP contribution in [0.2, 0.25) is 0 Å². The van der Waals surface area contributed by atoms with Crippen molar-refractivity contribution < 1.29 is 22.6 Å². The van der Waals surface area contributed by atoms with E-state index in [-0.39, 0.29) is 5.75 Å². The van der Waals surface area contributed by atoms with Gasteiger partial charge in [0.05, 0.1) is 4.47 Å². The topological polar surface area (TPSA) is 30.5 Å². The summed E-state index contributed by atoms with van der Waals surface area (Å²) in [5.41, 5.74) is 0.897. The number of unbranched alkanes of at least 4 members (excludes halogenated alkanes) is 2. The molecule has 0 saturated heterocycles. The minimum atomic E-state index is -4.68. The molecule has 0 atom stereocenters. The molecule has 3 nitrogen and oxygen atoms in total. The van der Waals surface area contributed by atoms with Crippen molar-refractivity contribution in [1.29, 1.82) is 0 Å². The number of alkyl halides is 3. The number of ether oxygens (including phenoxy) is 2. The summed E-state index contributed by atoms with van der Waals surface area (Å²) >= 11 is 3.08. The van der Waals surface area contributed by atoms with E-state index >= 15 is 0 Å². The summed E-state index contributed by atoms with van der Waals surface area (Å²) in [6, 6.07) is 4.55. The first-order valence-electron chi connectivity index (χ1n) is 6.66. The molecular formula is C14H19BrF3NO2. The van der Waals surface area contributed by atoms with Gasteiger partial charge in [-0.25, -0.2) is 0 Å². The molecule has 0 aliphatic heterocycles. The molecule has 120 valence electrons. The summed E-state index contributed by atoms with van der Waals surface area (Å²) < 4.78 is 45.5. The van der Waals surface area contributed by atoms with Gasteiger partial charge < -0.3 is 14.8 Å². The number of methoxy groups -OCH3 is 1. The van der Waals surface area contributed by atoms with E-state index in [1.165, 1.54) is 6.07 Å². The maximum Gasteiger partial charge on any atom is 0.573 e. The normalized spacial score (nSPS) is 11.7. The molecule has 0 aliphatic rings. The van der Waals surface area contributed by atoms with Crippen LogP contribution in [0.15, 0.2) is 22.7 Å². The van der Waals surface area contributed by atoms with Crippen LogP contribution in [0, 0.1) is 0 Å². The zero-order valence-electron chi connectivity index (χ0n) is 11.8. The number of hydrogen-bond donors (Lipinski definition) is 1. The lowest BCUT2D eigenvalue weighted by atomic mass is 10.2. The van der Waals surface area contributed by atoms with Gasteiger partial charge >= 0.3 is 6.36 Å². The van der Waals surface area contributed by atoms with Crippen molar-refractivity contribution in [2.45, 2.75) is 32.2 Å². The molecule has 0 saturated carbocycles. The second-order valence-corrected chi connectivity index (χ2v) is 5.40. The predicted octanol–water partition coefficient (Wildman–Crippen LogP) is 4.25. The number of hydrogen-bond acceptors (Lipinski definition) is 3. The quantitative estimate of drug-likeness (QED) is 0.660. The summed E-state index contributed by atoms with van der Waals surface area (Å²) in [6.07, 6.45) is -1.51. The van der Waals surface area contributed by atoms with Crippen LogP contribution in [0.1, 0.15) is 24.8 Å². The Morgan fingerprint density at radius 3 is 2.57 bits per heavy atom. The molecule has 1 N–H and O–H groups in total. The largest absolute Gasteiger partial charge is 0.573 e. The molecule has 0 heterocycles. The van der Waals surface area contributed by atoms with E-state index in [9.17, 15) is 13.2 Å². The third kappa shape index (κ3) is 8.28. The molecule has 1 aromatic rings. The maximum atomic E-state index is 12.1. The van der Waals surface area contributed by atoms with E-state index in [1.54, 1.807) is 19.2 Å². The van der Waals surface area contributed by atoms with Gasteiger partial charge in [-0.3, -0.25) is 0 Å². The van der Waals surface area contributed by atoms with Gasteiger partial charge in [0.1, 0.15) is 5.75 Å². The Balaban J connectivity index is 2.32. The van der Waals surface area contributed by atoms with Crippen molar-refractivity contribution in [1.82, 2.24) is 5.32 Å². The van der Waals surface area contributed by atoms with Crippen molar-refractivity contribution in [2.75, 3.05) is 20.3 Å². The fourth-order valence-corrected chi connectivity index (χ4v) is 2.27. The maximum absolute atomic E-state index is 12.1. The van der Waals surface area contributed by atoms with E-state index in [0.717, 1.165) is 38.0 Å². The lowest BCUT2D eigenvalue weighted by molar-refractivity contribution is -0.274.